The Labute approximate surface area is 308 Å². The number of hydrogen-bond acceptors (Lipinski definition) is 3. The Morgan fingerprint density at radius 3 is 1.57 bits per heavy atom. The SMILES string of the molecule is c1ccc(N(c2ccc(-c3cccc4oc5c6ccccc6c(N(c6ccccc6)c6ccccc6)cc5c34)cc2)c2ccc3ccccc3c2)cc1. The number of fused-ring (bicyclic) bond motifs is 6. The Bertz CT molecular complexity index is 2840. The highest BCUT2D eigenvalue weighted by Gasteiger charge is 2.22. The first-order valence-corrected chi connectivity index (χ1v) is 18.0. The molecule has 10 rings (SSSR count). The largest absolute Gasteiger partial charge is 0.455 e. The van der Waals surface area contributed by atoms with Gasteiger partial charge in [-0.15, -0.1) is 0 Å². The van der Waals surface area contributed by atoms with Gasteiger partial charge in [-0.05, 0) is 94.7 Å². The van der Waals surface area contributed by atoms with Gasteiger partial charge >= 0.3 is 0 Å². The summed E-state index contributed by atoms with van der Waals surface area (Å²) < 4.78 is 6.76. The van der Waals surface area contributed by atoms with Gasteiger partial charge in [-0.3, -0.25) is 0 Å². The number of furan rings is 1. The zero-order valence-corrected chi connectivity index (χ0v) is 28.9. The van der Waals surface area contributed by atoms with E-state index in [2.05, 4.69) is 216 Å². The summed E-state index contributed by atoms with van der Waals surface area (Å²) >= 11 is 0. The molecule has 0 aliphatic rings. The van der Waals surface area contributed by atoms with Crippen LogP contribution in [0.2, 0.25) is 0 Å². The van der Waals surface area contributed by atoms with E-state index in [-0.39, 0.29) is 0 Å². The van der Waals surface area contributed by atoms with Gasteiger partial charge in [0.15, 0.2) is 0 Å². The molecule has 0 amide bonds. The molecule has 0 fully saturated rings. The first-order valence-electron chi connectivity index (χ1n) is 18.0. The normalized spacial score (nSPS) is 11.4. The van der Waals surface area contributed by atoms with Crippen molar-refractivity contribution in [3.63, 3.8) is 0 Å². The van der Waals surface area contributed by atoms with Crippen molar-refractivity contribution in [1.82, 2.24) is 0 Å². The highest BCUT2D eigenvalue weighted by molar-refractivity contribution is 6.22. The Hall–Kier alpha value is -7.10. The maximum absolute atomic E-state index is 6.76. The van der Waals surface area contributed by atoms with E-state index < -0.39 is 0 Å². The molecular weight excluding hydrogens is 645 g/mol. The van der Waals surface area contributed by atoms with Crippen molar-refractivity contribution in [3.8, 4) is 11.1 Å². The monoisotopic (exact) mass is 678 g/mol. The van der Waals surface area contributed by atoms with Gasteiger partial charge < -0.3 is 14.2 Å². The average molecular weight is 679 g/mol. The molecule has 0 aliphatic heterocycles. The van der Waals surface area contributed by atoms with Crippen LogP contribution in [0.25, 0.3) is 54.6 Å². The molecule has 1 aromatic heterocycles. The van der Waals surface area contributed by atoms with Crippen LogP contribution < -0.4 is 9.80 Å². The van der Waals surface area contributed by atoms with Crippen molar-refractivity contribution in [3.05, 3.63) is 206 Å². The Morgan fingerprint density at radius 1 is 0.340 bits per heavy atom. The number of hydrogen-bond donors (Lipinski definition) is 0. The van der Waals surface area contributed by atoms with E-state index in [0.29, 0.717) is 0 Å². The molecule has 0 radical (unpaired) electrons. The predicted octanol–water partition coefficient (Wildman–Crippen LogP) is 14.5. The average Bonchev–Trinajstić information content (AvgIpc) is 3.62. The van der Waals surface area contributed by atoms with E-state index in [0.717, 1.165) is 78.0 Å². The molecule has 0 atom stereocenters. The summed E-state index contributed by atoms with van der Waals surface area (Å²) in [5.74, 6) is 0. The Kier molecular flexibility index (Phi) is 7.47. The molecule has 0 unspecified atom stereocenters. The maximum atomic E-state index is 6.76. The van der Waals surface area contributed by atoms with Gasteiger partial charge in [-0.25, -0.2) is 0 Å². The van der Waals surface area contributed by atoms with Crippen LogP contribution in [0.5, 0.6) is 0 Å². The topological polar surface area (TPSA) is 19.6 Å². The van der Waals surface area contributed by atoms with Crippen LogP contribution in [0.15, 0.2) is 211 Å². The van der Waals surface area contributed by atoms with Gasteiger partial charge in [-0.1, -0.05) is 133 Å². The van der Waals surface area contributed by atoms with Crippen molar-refractivity contribution >= 4 is 77.6 Å². The predicted molar refractivity (Wildman–Crippen MR) is 224 cm³/mol. The second-order valence-electron chi connectivity index (χ2n) is 13.4. The third-order valence-corrected chi connectivity index (χ3v) is 10.2. The molecule has 3 heteroatoms. The zero-order valence-electron chi connectivity index (χ0n) is 28.9. The molecule has 1 heterocycles. The summed E-state index contributed by atoms with van der Waals surface area (Å²) in [5.41, 5.74) is 10.7. The van der Waals surface area contributed by atoms with Crippen molar-refractivity contribution in [2.75, 3.05) is 9.80 Å². The highest BCUT2D eigenvalue weighted by atomic mass is 16.3. The van der Waals surface area contributed by atoms with Crippen molar-refractivity contribution in [2.24, 2.45) is 0 Å². The van der Waals surface area contributed by atoms with Gasteiger partial charge in [0.1, 0.15) is 11.2 Å². The lowest BCUT2D eigenvalue weighted by Crippen LogP contribution is -2.10. The van der Waals surface area contributed by atoms with Crippen LogP contribution in [0.1, 0.15) is 0 Å². The van der Waals surface area contributed by atoms with E-state index in [4.69, 9.17) is 4.42 Å². The van der Waals surface area contributed by atoms with Crippen LogP contribution in [0.3, 0.4) is 0 Å². The van der Waals surface area contributed by atoms with Crippen LogP contribution in [0, 0.1) is 0 Å². The fourth-order valence-corrected chi connectivity index (χ4v) is 7.77. The van der Waals surface area contributed by atoms with E-state index in [1.165, 1.54) is 10.8 Å². The van der Waals surface area contributed by atoms with Crippen LogP contribution in [-0.2, 0) is 0 Å². The molecule has 3 nitrogen and oxygen atoms in total. The molecule has 0 aliphatic carbocycles. The van der Waals surface area contributed by atoms with Crippen molar-refractivity contribution in [1.29, 1.82) is 0 Å². The molecule has 9 aromatic carbocycles. The molecular formula is C50H34N2O. The zero-order chi connectivity index (χ0) is 35.1. The third-order valence-electron chi connectivity index (χ3n) is 10.2. The van der Waals surface area contributed by atoms with Crippen molar-refractivity contribution in [2.45, 2.75) is 0 Å². The van der Waals surface area contributed by atoms with Crippen LogP contribution >= 0.6 is 0 Å². The molecule has 0 spiro atoms. The highest BCUT2D eigenvalue weighted by Crippen LogP contribution is 2.46. The van der Waals surface area contributed by atoms with E-state index in [1.807, 2.05) is 0 Å². The molecule has 0 N–H and O–H groups in total. The lowest BCUT2D eigenvalue weighted by Gasteiger charge is -2.27. The summed E-state index contributed by atoms with van der Waals surface area (Å²) in [6.07, 6.45) is 0. The first kappa shape index (κ1) is 30.7. The quantitative estimate of drug-likeness (QED) is 0.167. The minimum atomic E-state index is 0.872. The molecule has 10 aromatic rings. The van der Waals surface area contributed by atoms with E-state index in [1.54, 1.807) is 0 Å². The van der Waals surface area contributed by atoms with Crippen LogP contribution in [0.4, 0.5) is 34.1 Å². The van der Waals surface area contributed by atoms with Crippen LogP contribution in [-0.4, -0.2) is 0 Å². The molecule has 0 bridgehead atoms. The fourth-order valence-electron chi connectivity index (χ4n) is 7.77. The minimum absolute atomic E-state index is 0.872. The number of rotatable bonds is 7. The number of para-hydroxylation sites is 3. The van der Waals surface area contributed by atoms with Gasteiger partial charge in [-0.2, -0.15) is 0 Å². The summed E-state index contributed by atoms with van der Waals surface area (Å²) in [5, 5.41) is 6.86. The molecule has 0 saturated carbocycles. The van der Waals surface area contributed by atoms with Crippen molar-refractivity contribution < 1.29 is 4.42 Å². The fraction of sp³-hybridized carbons (Fsp3) is 0. The molecule has 0 saturated heterocycles. The summed E-state index contributed by atoms with van der Waals surface area (Å²) in [6.45, 7) is 0. The standard InChI is InChI=1S/C50H34N2O/c1-4-17-38(18-5-1)51(42-32-27-35-15-10-11-16-37(35)33-42)41-30-28-36(29-31-41)43-25-14-26-48-49(43)46-34-47(44-23-12-13-24-45(44)50(46)53-48)52(39-19-6-2-7-20-39)40-21-8-3-9-22-40/h1-34H. The maximum Gasteiger partial charge on any atom is 0.143 e. The number of nitrogens with zero attached hydrogens (tertiary/aromatic N) is 2. The Morgan fingerprint density at radius 2 is 0.887 bits per heavy atom. The smallest absolute Gasteiger partial charge is 0.143 e. The summed E-state index contributed by atoms with van der Waals surface area (Å²) in [6, 6.07) is 73.2. The Balaban J connectivity index is 1.15. The van der Waals surface area contributed by atoms with E-state index in [9.17, 15) is 0 Å². The second kappa shape index (κ2) is 12.9. The summed E-state index contributed by atoms with van der Waals surface area (Å²) in [7, 11) is 0. The summed E-state index contributed by atoms with van der Waals surface area (Å²) in [4.78, 5) is 4.67. The first-order chi connectivity index (χ1) is 26.3. The van der Waals surface area contributed by atoms with E-state index >= 15 is 0 Å². The minimum Gasteiger partial charge on any atom is -0.455 e. The lowest BCUT2D eigenvalue weighted by molar-refractivity contribution is 0.673. The van der Waals surface area contributed by atoms with Gasteiger partial charge in [0.2, 0.25) is 0 Å². The number of anilines is 6. The van der Waals surface area contributed by atoms with Gasteiger partial charge in [0, 0.05) is 50.0 Å². The molecule has 250 valence electrons. The molecule has 53 heavy (non-hydrogen) atoms. The van der Waals surface area contributed by atoms with Gasteiger partial charge in [0.05, 0.1) is 5.69 Å². The third kappa shape index (κ3) is 5.38. The number of benzene rings is 9. The second-order valence-corrected chi connectivity index (χ2v) is 13.4. The lowest BCUT2D eigenvalue weighted by atomic mass is 9.96. The van der Waals surface area contributed by atoms with Gasteiger partial charge in [0.25, 0.3) is 0 Å².